The van der Waals surface area contributed by atoms with Crippen LogP contribution >= 0.6 is 31.9 Å². The molecule has 27 heavy (non-hydrogen) atoms. The smallest absolute Gasteiger partial charge is 0.127 e. The van der Waals surface area contributed by atoms with Gasteiger partial charge in [0.05, 0.1) is 9.46 Å². The van der Waals surface area contributed by atoms with Crippen molar-refractivity contribution in [1.29, 1.82) is 5.26 Å². The average molecular weight is 490 g/mol. The Labute approximate surface area is 177 Å². The fraction of sp³-hybridized carbons (Fsp3) is 0.318. The molecule has 140 valence electrons. The summed E-state index contributed by atoms with van der Waals surface area (Å²) in [5, 5.41) is 13.1. The van der Waals surface area contributed by atoms with Crippen molar-refractivity contribution in [2.75, 3.05) is 6.54 Å². The van der Waals surface area contributed by atoms with Crippen LogP contribution in [0.4, 0.5) is 0 Å². The van der Waals surface area contributed by atoms with Crippen molar-refractivity contribution in [1.82, 2.24) is 5.32 Å². The normalized spacial score (nSPS) is 21.0. The van der Waals surface area contributed by atoms with Crippen molar-refractivity contribution in [2.24, 2.45) is 17.3 Å². The van der Waals surface area contributed by atoms with E-state index in [1.165, 1.54) is 0 Å². The van der Waals surface area contributed by atoms with E-state index in [-0.39, 0.29) is 11.5 Å². The van der Waals surface area contributed by atoms with Gasteiger partial charge in [-0.1, -0.05) is 50.3 Å². The lowest BCUT2D eigenvalue weighted by Crippen LogP contribution is -2.23. The topological polar surface area (TPSA) is 45.0 Å². The summed E-state index contributed by atoms with van der Waals surface area (Å²) in [4.78, 5) is 0. The molecule has 0 saturated heterocycles. The number of nitriles is 1. The van der Waals surface area contributed by atoms with Crippen LogP contribution in [0.5, 0.6) is 11.5 Å². The van der Waals surface area contributed by atoms with Gasteiger partial charge in [0, 0.05) is 6.54 Å². The Morgan fingerprint density at radius 3 is 2.56 bits per heavy atom. The van der Waals surface area contributed by atoms with Crippen molar-refractivity contribution in [3.8, 4) is 17.6 Å². The van der Waals surface area contributed by atoms with Gasteiger partial charge >= 0.3 is 0 Å². The van der Waals surface area contributed by atoms with E-state index in [1.54, 1.807) is 0 Å². The van der Waals surface area contributed by atoms with Gasteiger partial charge in [0.25, 0.3) is 0 Å². The molecule has 0 bridgehead atoms. The van der Waals surface area contributed by atoms with Crippen LogP contribution in [0.3, 0.4) is 0 Å². The van der Waals surface area contributed by atoms with Crippen molar-refractivity contribution < 1.29 is 4.74 Å². The molecule has 3 nitrogen and oxygen atoms in total. The van der Waals surface area contributed by atoms with E-state index in [0.29, 0.717) is 11.8 Å². The van der Waals surface area contributed by atoms with Crippen LogP contribution < -0.4 is 10.1 Å². The second kappa shape index (κ2) is 8.60. The zero-order valence-electron chi connectivity index (χ0n) is 15.3. The number of rotatable bonds is 7. The summed E-state index contributed by atoms with van der Waals surface area (Å²) in [6.07, 6.45) is 2.20. The molecule has 0 aliphatic heterocycles. The largest absolute Gasteiger partial charge is 0.457 e. The lowest BCUT2D eigenvalue weighted by atomic mass is 10.1. The van der Waals surface area contributed by atoms with Gasteiger partial charge in [-0.25, -0.2) is 0 Å². The minimum Gasteiger partial charge on any atom is -0.457 e. The lowest BCUT2D eigenvalue weighted by molar-refractivity contribution is 0.478. The molecule has 3 unspecified atom stereocenters. The Morgan fingerprint density at radius 2 is 1.89 bits per heavy atom. The van der Waals surface area contributed by atoms with E-state index in [4.69, 9.17) is 4.74 Å². The van der Waals surface area contributed by atoms with E-state index >= 15 is 0 Å². The maximum Gasteiger partial charge on any atom is 0.127 e. The van der Waals surface area contributed by atoms with Crippen LogP contribution in [0.25, 0.3) is 0 Å². The highest BCUT2D eigenvalue weighted by atomic mass is 79.9. The van der Waals surface area contributed by atoms with Gasteiger partial charge in [-0.3, -0.25) is 5.32 Å². The highest BCUT2D eigenvalue weighted by molar-refractivity contribution is 9.28. The van der Waals surface area contributed by atoms with Crippen LogP contribution in [-0.2, 0) is 0 Å². The predicted octanol–water partition coefficient (Wildman–Crippen LogP) is 6.54. The molecule has 0 aromatic heterocycles. The maximum absolute atomic E-state index is 9.65. The van der Waals surface area contributed by atoms with Crippen molar-refractivity contribution >= 4 is 31.9 Å². The zero-order valence-corrected chi connectivity index (χ0v) is 18.5. The minimum absolute atomic E-state index is 0.234. The summed E-state index contributed by atoms with van der Waals surface area (Å²) in [5.74, 6) is 2.51. The summed E-state index contributed by atoms with van der Waals surface area (Å²) in [7, 11) is 0. The molecule has 1 fully saturated rings. The molecule has 0 amide bonds. The Hall–Kier alpha value is -1.61. The third-order valence-electron chi connectivity index (χ3n) is 5.29. The van der Waals surface area contributed by atoms with Gasteiger partial charge in [0.1, 0.15) is 17.5 Å². The van der Waals surface area contributed by atoms with Crippen LogP contribution in [-0.4, -0.2) is 6.54 Å². The molecular weight excluding hydrogens is 468 g/mol. The maximum atomic E-state index is 9.65. The standard InChI is InChI=1S/C22H22Br2N2O/c1-22(2)18(12-21(23)24)19(22)14-26-20(13-25)15-7-6-10-17(11-15)27-16-8-4-3-5-9-16/h3-12,18-20,26H,14H2,1-2H3. The summed E-state index contributed by atoms with van der Waals surface area (Å²) in [6, 6.07) is 19.4. The van der Waals surface area contributed by atoms with Gasteiger partial charge in [0.15, 0.2) is 0 Å². The number of hydrogen-bond acceptors (Lipinski definition) is 3. The van der Waals surface area contributed by atoms with Crippen LogP contribution in [0.2, 0.25) is 0 Å². The minimum atomic E-state index is -0.363. The number of benzene rings is 2. The molecule has 3 rings (SSSR count). The van der Waals surface area contributed by atoms with E-state index in [2.05, 4.69) is 63.2 Å². The number of ether oxygens (including phenoxy) is 1. The van der Waals surface area contributed by atoms with E-state index in [9.17, 15) is 5.26 Å². The van der Waals surface area contributed by atoms with Gasteiger partial charge in [-0.2, -0.15) is 5.26 Å². The van der Waals surface area contributed by atoms with E-state index in [1.807, 2.05) is 54.6 Å². The first-order valence-corrected chi connectivity index (χ1v) is 10.5. The Bertz CT molecular complexity index is 854. The van der Waals surface area contributed by atoms with Gasteiger partial charge in [-0.15, -0.1) is 0 Å². The molecule has 2 aromatic carbocycles. The molecule has 1 aliphatic rings. The second-order valence-electron chi connectivity index (χ2n) is 7.37. The number of allylic oxidation sites excluding steroid dienone is 1. The Kier molecular flexibility index (Phi) is 6.41. The number of para-hydroxylation sites is 1. The van der Waals surface area contributed by atoms with Crippen LogP contribution in [0.1, 0.15) is 25.5 Å². The molecule has 1 saturated carbocycles. The quantitative estimate of drug-likeness (QED) is 0.480. The van der Waals surface area contributed by atoms with E-state index < -0.39 is 0 Å². The monoisotopic (exact) mass is 488 g/mol. The summed E-state index contributed by atoms with van der Waals surface area (Å²) in [6.45, 7) is 5.32. The van der Waals surface area contributed by atoms with Gasteiger partial charge < -0.3 is 4.74 Å². The molecule has 1 aliphatic carbocycles. The molecule has 0 heterocycles. The molecule has 0 spiro atoms. The Balaban J connectivity index is 1.65. The first kappa shape index (κ1) is 20.1. The summed E-state index contributed by atoms with van der Waals surface area (Å²) < 4.78 is 6.87. The van der Waals surface area contributed by atoms with Crippen molar-refractivity contribution in [2.45, 2.75) is 19.9 Å². The molecule has 0 radical (unpaired) electrons. The number of nitrogens with one attached hydrogen (secondary N) is 1. The van der Waals surface area contributed by atoms with Gasteiger partial charge in [-0.05, 0) is 78.9 Å². The zero-order chi connectivity index (χ0) is 19.4. The third kappa shape index (κ3) is 5.01. The SMILES string of the molecule is CC1(C)C(C=C(Br)Br)C1CNC(C#N)c1cccc(Oc2ccccc2)c1. The molecular formula is C22H22Br2N2O. The van der Waals surface area contributed by atoms with Crippen LogP contribution in [0, 0.1) is 28.6 Å². The molecule has 5 heteroatoms. The molecule has 2 aromatic rings. The predicted molar refractivity (Wildman–Crippen MR) is 116 cm³/mol. The van der Waals surface area contributed by atoms with Crippen LogP contribution in [0.15, 0.2) is 64.1 Å². The van der Waals surface area contributed by atoms with Gasteiger partial charge in [0.2, 0.25) is 0 Å². The highest BCUT2D eigenvalue weighted by Gasteiger charge is 2.55. The highest BCUT2D eigenvalue weighted by Crippen LogP contribution is 2.59. The fourth-order valence-corrected chi connectivity index (χ4v) is 4.08. The summed E-state index contributed by atoms with van der Waals surface area (Å²) >= 11 is 6.90. The number of halogens is 2. The first-order chi connectivity index (χ1) is 12.9. The average Bonchev–Trinajstić information content (AvgIpc) is 3.15. The van der Waals surface area contributed by atoms with Crippen molar-refractivity contribution in [3.05, 3.63) is 69.6 Å². The van der Waals surface area contributed by atoms with Crippen molar-refractivity contribution in [3.63, 3.8) is 0 Å². The molecule has 1 N–H and O–H groups in total. The fourth-order valence-electron chi connectivity index (χ4n) is 3.51. The molecule has 3 atom stereocenters. The first-order valence-electron chi connectivity index (χ1n) is 8.90. The summed E-state index contributed by atoms with van der Waals surface area (Å²) in [5.41, 5.74) is 1.15. The third-order valence-corrected chi connectivity index (χ3v) is 5.81. The Morgan fingerprint density at radius 1 is 1.19 bits per heavy atom. The number of nitrogens with zero attached hydrogens (tertiary/aromatic N) is 1. The lowest BCUT2D eigenvalue weighted by Gasteiger charge is -2.14. The number of hydrogen-bond donors (Lipinski definition) is 1. The van der Waals surface area contributed by atoms with E-state index in [0.717, 1.165) is 27.0 Å². The second-order valence-corrected chi connectivity index (χ2v) is 10.1.